The number of carbonyl (C=O) groups excluding carboxylic acids is 2. The number of hydrogen-bond donors (Lipinski definition) is 3. The lowest BCUT2D eigenvalue weighted by Crippen LogP contribution is -2.27. The van der Waals surface area contributed by atoms with Gasteiger partial charge in [-0.2, -0.15) is 0 Å². The number of primary amides is 1. The number of urea groups is 1. The van der Waals surface area contributed by atoms with Crippen molar-refractivity contribution < 1.29 is 19.5 Å². The lowest BCUT2D eigenvalue weighted by molar-refractivity contribution is -0.131. The maximum atomic E-state index is 9.48. The van der Waals surface area contributed by atoms with E-state index in [2.05, 4.69) is 12.3 Å². The zero-order chi connectivity index (χ0) is 9.28. The van der Waals surface area contributed by atoms with Crippen LogP contribution in [0.15, 0.2) is 12.7 Å². The zero-order valence-electron chi connectivity index (χ0n) is 5.61. The summed E-state index contributed by atoms with van der Waals surface area (Å²) in [7, 11) is 0. The van der Waals surface area contributed by atoms with Crippen molar-refractivity contribution in [1.82, 2.24) is 5.32 Å². The van der Waals surface area contributed by atoms with Gasteiger partial charge < -0.3 is 10.8 Å². The van der Waals surface area contributed by atoms with Crippen LogP contribution in [0, 0.1) is 0 Å². The number of carboxylic acids is 1. The molecule has 3 amide bonds. The van der Waals surface area contributed by atoms with Crippen LogP contribution in [-0.4, -0.2) is 23.5 Å². The topological polar surface area (TPSA) is 109 Å². The summed E-state index contributed by atoms with van der Waals surface area (Å²) < 4.78 is 0. The number of amides is 3. The molecule has 0 saturated carbocycles. The van der Waals surface area contributed by atoms with E-state index in [0.29, 0.717) is 0 Å². The van der Waals surface area contributed by atoms with Gasteiger partial charge in [0.2, 0.25) is 6.41 Å². The van der Waals surface area contributed by atoms with Crippen molar-refractivity contribution in [2.75, 3.05) is 0 Å². The van der Waals surface area contributed by atoms with Crippen LogP contribution in [0.3, 0.4) is 0 Å². The average molecular weight is 160 g/mol. The molecular weight excluding hydrogens is 152 g/mol. The molecule has 62 valence electrons. The molecule has 0 aromatic rings. The minimum atomic E-state index is -0.981. The molecule has 0 radical (unpaired) electrons. The molecule has 11 heavy (non-hydrogen) atoms. The van der Waals surface area contributed by atoms with Gasteiger partial charge >= 0.3 is 12.0 Å². The maximum Gasteiger partial charge on any atom is 0.327 e. The van der Waals surface area contributed by atoms with E-state index in [4.69, 9.17) is 5.11 Å². The van der Waals surface area contributed by atoms with E-state index in [0.717, 1.165) is 6.08 Å². The lowest BCUT2D eigenvalue weighted by Gasteiger charge is -1.79. The quantitative estimate of drug-likeness (QED) is 0.358. The molecule has 0 unspecified atom stereocenters. The Morgan fingerprint density at radius 3 is 1.91 bits per heavy atom. The zero-order valence-corrected chi connectivity index (χ0v) is 5.61. The third-order valence-corrected chi connectivity index (χ3v) is 0.376. The first kappa shape index (κ1) is 11.9. The number of carbonyl (C=O) groups is 3. The number of carboxylic acid groups (broad SMARTS) is 1. The molecule has 0 aliphatic heterocycles. The van der Waals surface area contributed by atoms with Gasteiger partial charge in [0.15, 0.2) is 0 Å². The van der Waals surface area contributed by atoms with Crippen LogP contribution >= 0.6 is 0 Å². The Balaban J connectivity index is 0. The van der Waals surface area contributed by atoms with Crippen LogP contribution in [0.1, 0.15) is 0 Å². The van der Waals surface area contributed by atoms with Crippen LogP contribution in [0.5, 0.6) is 0 Å². The van der Waals surface area contributed by atoms with Gasteiger partial charge in [0.05, 0.1) is 0 Å². The van der Waals surface area contributed by atoms with Crippen LogP contribution in [-0.2, 0) is 9.59 Å². The Labute approximate surface area is 62.7 Å². The molecule has 0 spiro atoms. The molecule has 0 aromatic carbocycles. The van der Waals surface area contributed by atoms with E-state index in [-0.39, 0.29) is 6.41 Å². The van der Waals surface area contributed by atoms with Gasteiger partial charge in [-0.25, -0.2) is 9.59 Å². The van der Waals surface area contributed by atoms with E-state index >= 15 is 0 Å². The van der Waals surface area contributed by atoms with Crippen molar-refractivity contribution in [2.24, 2.45) is 5.73 Å². The lowest BCUT2D eigenvalue weighted by atomic mass is 10.7. The number of hydrogen-bond acceptors (Lipinski definition) is 3. The fourth-order valence-corrected chi connectivity index (χ4v) is 0.0581. The van der Waals surface area contributed by atoms with E-state index in [1.807, 2.05) is 0 Å². The minimum Gasteiger partial charge on any atom is -0.478 e. The molecule has 0 rings (SSSR count). The second kappa shape index (κ2) is 8.15. The van der Waals surface area contributed by atoms with Gasteiger partial charge in [-0.05, 0) is 0 Å². The normalized spacial score (nSPS) is 6.55. The summed E-state index contributed by atoms with van der Waals surface area (Å²) in [6.45, 7) is 2.96. The summed E-state index contributed by atoms with van der Waals surface area (Å²) in [6.07, 6.45) is 1.06. The predicted octanol–water partition coefficient (Wildman–Crippen LogP) is -0.932. The van der Waals surface area contributed by atoms with Crippen LogP contribution in [0.2, 0.25) is 0 Å². The summed E-state index contributed by atoms with van der Waals surface area (Å²) in [5.41, 5.74) is 4.42. The average Bonchev–Trinajstić information content (AvgIpc) is 1.89. The van der Waals surface area contributed by atoms with Crippen molar-refractivity contribution in [3.63, 3.8) is 0 Å². The molecule has 0 atom stereocenters. The Morgan fingerprint density at radius 1 is 1.55 bits per heavy atom. The molecule has 0 fully saturated rings. The molecule has 0 aromatic heterocycles. The van der Waals surface area contributed by atoms with Gasteiger partial charge in [0, 0.05) is 6.08 Å². The first-order valence-corrected chi connectivity index (χ1v) is 2.39. The van der Waals surface area contributed by atoms with E-state index in [1.165, 1.54) is 0 Å². The second-order valence-electron chi connectivity index (χ2n) is 1.17. The highest BCUT2D eigenvalue weighted by Gasteiger charge is 1.79. The van der Waals surface area contributed by atoms with Gasteiger partial charge in [-0.3, -0.25) is 10.1 Å². The molecule has 0 saturated heterocycles. The van der Waals surface area contributed by atoms with E-state index in [9.17, 15) is 14.4 Å². The van der Waals surface area contributed by atoms with Gasteiger partial charge in [-0.1, -0.05) is 6.58 Å². The van der Waals surface area contributed by atoms with Gasteiger partial charge in [-0.15, -0.1) is 0 Å². The smallest absolute Gasteiger partial charge is 0.327 e. The number of rotatable bonds is 2. The summed E-state index contributed by atoms with van der Waals surface area (Å²) in [4.78, 5) is 27.9. The van der Waals surface area contributed by atoms with Crippen LogP contribution in [0.25, 0.3) is 0 Å². The van der Waals surface area contributed by atoms with Crippen molar-refractivity contribution in [1.29, 1.82) is 0 Å². The minimum absolute atomic E-state index is 0.225. The third kappa shape index (κ3) is 31.1. The van der Waals surface area contributed by atoms with Crippen LogP contribution < -0.4 is 11.1 Å². The summed E-state index contributed by atoms with van der Waals surface area (Å²) in [6, 6.07) is -0.829. The number of nitrogens with one attached hydrogen (secondary N) is 1. The van der Waals surface area contributed by atoms with Gasteiger partial charge in [0.1, 0.15) is 0 Å². The number of aliphatic carboxylic acids is 1. The monoisotopic (exact) mass is 160 g/mol. The Hall–Kier alpha value is -1.85. The van der Waals surface area contributed by atoms with Crippen LogP contribution in [0.4, 0.5) is 4.79 Å². The fourth-order valence-electron chi connectivity index (χ4n) is 0.0581. The molecular formula is C5H8N2O4. The predicted molar refractivity (Wildman–Crippen MR) is 36.6 cm³/mol. The Bertz CT molecular complexity index is 166. The molecule has 0 aliphatic carbocycles. The number of nitrogens with two attached hydrogens (primary N) is 1. The standard InChI is InChI=1S/C3H4O2.C2H4N2O2/c1-2-3(4)5;3-2(6)4-1-5/h2H,1H2,(H,4,5);1H,(H3,3,4,5,6). The molecule has 6 heteroatoms. The first-order chi connectivity index (χ1) is 5.04. The summed E-state index contributed by atoms with van der Waals surface area (Å²) >= 11 is 0. The highest BCUT2D eigenvalue weighted by molar-refractivity contribution is 5.82. The van der Waals surface area contributed by atoms with Crippen molar-refractivity contribution >= 4 is 18.4 Å². The fraction of sp³-hybridized carbons (Fsp3) is 0. The SMILES string of the molecule is C=CC(=O)O.NC(=O)NC=O. The first-order valence-electron chi connectivity index (χ1n) is 2.39. The third-order valence-electron chi connectivity index (χ3n) is 0.376. The Morgan fingerprint density at radius 2 is 1.91 bits per heavy atom. The Kier molecular flexibility index (Phi) is 8.81. The van der Waals surface area contributed by atoms with Gasteiger partial charge in [0.25, 0.3) is 0 Å². The molecule has 0 bridgehead atoms. The highest BCUT2D eigenvalue weighted by Crippen LogP contribution is 1.54. The number of imide groups is 1. The molecule has 0 aliphatic rings. The molecule has 6 nitrogen and oxygen atoms in total. The van der Waals surface area contributed by atoms with E-state index < -0.39 is 12.0 Å². The summed E-state index contributed by atoms with van der Waals surface area (Å²) in [5, 5.41) is 9.27. The second-order valence-corrected chi connectivity index (χ2v) is 1.17. The van der Waals surface area contributed by atoms with Crippen molar-refractivity contribution in [3.8, 4) is 0 Å². The van der Waals surface area contributed by atoms with E-state index in [1.54, 1.807) is 5.32 Å². The largest absolute Gasteiger partial charge is 0.478 e. The molecule has 0 heterocycles. The highest BCUT2D eigenvalue weighted by atomic mass is 16.4. The summed E-state index contributed by atoms with van der Waals surface area (Å²) in [5.74, 6) is -0.981. The van der Waals surface area contributed by atoms with Crippen molar-refractivity contribution in [2.45, 2.75) is 0 Å². The van der Waals surface area contributed by atoms with Crippen molar-refractivity contribution in [3.05, 3.63) is 12.7 Å². The molecule has 4 N–H and O–H groups in total. The maximum absolute atomic E-state index is 9.48.